The predicted octanol–water partition coefficient (Wildman–Crippen LogP) is 1.66. The number of thiazole rings is 1. The highest BCUT2D eigenvalue weighted by molar-refractivity contribution is 7.09. The van der Waals surface area contributed by atoms with Crippen LogP contribution >= 0.6 is 11.3 Å². The van der Waals surface area contributed by atoms with E-state index in [4.69, 9.17) is 0 Å². The molecule has 0 amide bonds. The number of nitrogens with one attached hydrogen (secondary N) is 1. The van der Waals surface area contributed by atoms with Crippen molar-refractivity contribution in [3.63, 3.8) is 0 Å². The molecule has 0 aromatic carbocycles. The summed E-state index contributed by atoms with van der Waals surface area (Å²) in [5.74, 6) is 0. The summed E-state index contributed by atoms with van der Waals surface area (Å²) < 4.78 is 0. The van der Waals surface area contributed by atoms with E-state index in [2.05, 4.69) is 41.6 Å². The second-order valence-corrected chi connectivity index (χ2v) is 4.70. The van der Waals surface area contributed by atoms with E-state index in [1.54, 1.807) is 11.3 Å². The van der Waals surface area contributed by atoms with Gasteiger partial charge in [0.15, 0.2) is 0 Å². The monoisotopic (exact) mass is 213 g/mol. The largest absolute Gasteiger partial charge is 0.308 e. The Morgan fingerprint density at radius 1 is 1.57 bits per heavy atom. The van der Waals surface area contributed by atoms with E-state index in [9.17, 15) is 0 Å². The minimum atomic E-state index is 0.369. The molecule has 1 aromatic heterocycles. The highest BCUT2D eigenvalue weighted by Crippen LogP contribution is 2.16. The molecule has 1 rings (SSSR count). The first-order chi connectivity index (χ1) is 6.59. The summed E-state index contributed by atoms with van der Waals surface area (Å²) in [6.07, 6.45) is 0. The molecule has 0 fully saturated rings. The average Bonchev–Trinajstić information content (AvgIpc) is 2.51. The van der Waals surface area contributed by atoms with E-state index in [1.807, 2.05) is 6.92 Å². The molecule has 14 heavy (non-hydrogen) atoms. The summed E-state index contributed by atoms with van der Waals surface area (Å²) in [6.45, 7) is 6.27. The van der Waals surface area contributed by atoms with Crippen LogP contribution in [0.3, 0.4) is 0 Å². The maximum Gasteiger partial charge on any atom is 0.110 e. The number of aromatic nitrogens is 1. The van der Waals surface area contributed by atoms with Crippen LogP contribution in [0, 0.1) is 6.92 Å². The first-order valence-electron chi connectivity index (χ1n) is 4.89. The van der Waals surface area contributed by atoms with Crippen LogP contribution < -0.4 is 5.32 Å². The number of likely N-dealkylation sites (N-methyl/N-ethyl adjacent to an activating group) is 1. The zero-order valence-corrected chi connectivity index (χ0v) is 10.2. The van der Waals surface area contributed by atoms with Crippen molar-refractivity contribution in [2.45, 2.75) is 19.9 Å². The predicted molar refractivity (Wildman–Crippen MR) is 61.8 cm³/mol. The highest BCUT2D eigenvalue weighted by Gasteiger charge is 2.07. The Morgan fingerprint density at radius 2 is 2.29 bits per heavy atom. The van der Waals surface area contributed by atoms with Gasteiger partial charge in [-0.05, 0) is 27.9 Å². The smallest absolute Gasteiger partial charge is 0.110 e. The quantitative estimate of drug-likeness (QED) is 0.806. The molecule has 0 radical (unpaired) electrons. The van der Waals surface area contributed by atoms with E-state index < -0.39 is 0 Å². The van der Waals surface area contributed by atoms with E-state index in [-0.39, 0.29) is 0 Å². The maximum absolute atomic E-state index is 4.45. The van der Waals surface area contributed by atoms with Gasteiger partial charge in [-0.2, -0.15) is 0 Å². The molecule has 1 atom stereocenters. The fourth-order valence-corrected chi connectivity index (χ4v) is 1.99. The zero-order chi connectivity index (χ0) is 10.6. The van der Waals surface area contributed by atoms with Gasteiger partial charge in [-0.1, -0.05) is 0 Å². The van der Waals surface area contributed by atoms with Crippen LogP contribution in [0.15, 0.2) is 5.38 Å². The normalized spacial score (nSPS) is 13.5. The molecule has 1 N–H and O–H groups in total. The van der Waals surface area contributed by atoms with Gasteiger partial charge in [0.05, 0.1) is 6.04 Å². The molecular weight excluding hydrogens is 194 g/mol. The molecule has 0 aliphatic rings. The average molecular weight is 213 g/mol. The minimum Gasteiger partial charge on any atom is -0.308 e. The van der Waals surface area contributed by atoms with Gasteiger partial charge >= 0.3 is 0 Å². The first-order valence-corrected chi connectivity index (χ1v) is 5.77. The Bertz CT molecular complexity index is 270. The summed E-state index contributed by atoms with van der Waals surface area (Å²) in [5, 5.41) is 6.73. The van der Waals surface area contributed by atoms with Crippen LogP contribution in [0.5, 0.6) is 0 Å². The van der Waals surface area contributed by atoms with Crippen LogP contribution in [0.25, 0.3) is 0 Å². The first kappa shape index (κ1) is 11.6. The van der Waals surface area contributed by atoms with Gasteiger partial charge in [-0.25, -0.2) is 4.98 Å². The summed E-state index contributed by atoms with van der Waals surface area (Å²) >= 11 is 1.73. The van der Waals surface area contributed by atoms with Crippen molar-refractivity contribution in [1.82, 2.24) is 15.2 Å². The van der Waals surface area contributed by atoms with Gasteiger partial charge in [0.1, 0.15) is 5.01 Å². The third-order valence-electron chi connectivity index (χ3n) is 2.02. The van der Waals surface area contributed by atoms with Crippen molar-refractivity contribution in [1.29, 1.82) is 0 Å². The number of rotatable bonds is 5. The lowest BCUT2D eigenvalue weighted by Crippen LogP contribution is -2.28. The third kappa shape index (κ3) is 3.74. The van der Waals surface area contributed by atoms with Gasteiger partial charge in [-0.3, -0.25) is 0 Å². The number of hydrogen-bond donors (Lipinski definition) is 1. The SMILES string of the molecule is Cc1csc(C(C)NCCN(C)C)n1. The molecule has 0 saturated carbocycles. The molecule has 0 spiro atoms. The number of hydrogen-bond acceptors (Lipinski definition) is 4. The van der Waals surface area contributed by atoms with Gasteiger partial charge in [0, 0.05) is 24.2 Å². The Hall–Kier alpha value is -0.450. The van der Waals surface area contributed by atoms with E-state index in [1.165, 1.54) is 5.01 Å². The Morgan fingerprint density at radius 3 is 2.79 bits per heavy atom. The highest BCUT2D eigenvalue weighted by atomic mass is 32.1. The number of aryl methyl sites for hydroxylation is 1. The van der Waals surface area contributed by atoms with Crippen LogP contribution in [-0.4, -0.2) is 37.1 Å². The molecule has 1 unspecified atom stereocenters. The lowest BCUT2D eigenvalue weighted by atomic mass is 10.3. The fraction of sp³-hybridized carbons (Fsp3) is 0.700. The molecule has 0 aliphatic carbocycles. The van der Waals surface area contributed by atoms with E-state index in [0.29, 0.717) is 6.04 Å². The maximum atomic E-state index is 4.45. The van der Waals surface area contributed by atoms with Gasteiger partial charge in [0.2, 0.25) is 0 Å². The minimum absolute atomic E-state index is 0.369. The molecular formula is C10H19N3S. The second kappa shape index (κ2) is 5.44. The van der Waals surface area contributed by atoms with Crippen molar-refractivity contribution in [2.24, 2.45) is 0 Å². The Kier molecular flexibility index (Phi) is 4.51. The molecule has 4 heteroatoms. The summed E-state index contributed by atoms with van der Waals surface area (Å²) in [4.78, 5) is 6.62. The van der Waals surface area contributed by atoms with E-state index >= 15 is 0 Å². The molecule has 0 aliphatic heterocycles. The fourth-order valence-electron chi connectivity index (χ4n) is 1.16. The summed E-state index contributed by atoms with van der Waals surface area (Å²) in [6, 6.07) is 0.369. The number of nitrogens with zero attached hydrogens (tertiary/aromatic N) is 2. The van der Waals surface area contributed by atoms with Gasteiger partial charge in [0.25, 0.3) is 0 Å². The summed E-state index contributed by atoms with van der Waals surface area (Å²) in [7, 11) is 4.17. The Balaban J connectivity index is 2.32. The van der Waals surface area contributed by atoms with Crippen LogP contribution in [0.4, 0.5) is 0 Å². The molecule has 3 nitrogen and oxygen atoms in total. The molecule has 1 aromatic rings. The second-order valence-electron chi connectivity index (χ2n) is 3.81. The lowest BCUT2D eigenvalue weighted by Gasteiger charge is -2.14. The van der Waals surface area contributed by atoms with Crippen molar-refractivity contribution in [3.8, 4) is 0 Å². The van der Waals surface area contributed by atoms with Crippen molar-refractivity contribution < 1.29 is 0 Å². The molecule has 0 saturated heterocycles. The van der Waals surface area contributed by atoms with Crippen LogP contribution in [0.2, 0.25) is 0 Å². The zero-order valence-electron chi connectivity index (χ0n) is 9.37. The third-order valence-corrected chi connectivity index (χ3v) is 3.16. The molecule has 1 heterocycles. The summed E-state index contributed by atoms with van der Waals surface area (Å²) in [5.41, 5.74) is 1.12. The molecule has 0 bridgehead atoms. The van der Waals surface area contributed by atoms with Gasteiger partial charge < -0.3 is 10.2 Å². The van der Waals surface area contributed by atoms with Crippen LogP contribution in [-0.2, 0) is 0 Å². The topological polar surface area (TPSA) is 28.2 Å². The standard InChI is InChI=1S/C10H19N3S/c1-8-7-14-10(12-8)9(2)11-5-6-13(3)4/h7,9,11H,5-6H2,1-4H3. The van der Waals surface area contributed by atoms with Crippen molar-refractivity contribution in [3.05, 3.63) is 16.1 Å². The van der Waals surface area contributed by atoms with E-state index in [0.717, 1.165) is 18.8 Å². The van der Waals surface area contributed by atoms with Crippen molar-refractivity contribution in [2.75, 3.05) is 27.2 Å². The van der Waals surface area contributed by atoms with Crippen LogP contribution in [0.1, 0.15) is 23.7 Å². The molecule has 80 valence electrons. The Labute approximate surface area is 90.2 Å². The van der Waals surface area contributed by atoms with Crippen molar-refractivity contribution >= 4 is 11.3 Å². The lowest BCUT2D eigenvalue weighted by molar-refractivity contribution is 0.389. The van der Waals surface area contributed by atoms with Gasteiger partial charge in [-0.15, -0.1) is 11.3 Å².